The first-order chi connectivity index (χ1) is 4.57. The first-order valence-electron chi connectivity index (χ1n) is 3.39. The highest BCUT2D eigenvalue weighted by Crippen LogP contribution is 2.05. The summed E-state index contributed by atoms with van der Waals surface area (Å²) in [7, 11) is 0. The van der Waals surface area contributed by atoms with Crippen molar-refractivity contribution >= 4 is 6.29 Å². The van der Waals surface area contributed by atoms with Crippen LogP contribution < -0.4 is 0 Å². The second-order valence-electron chi connectivity index (χ2n) is 2.63. The third kappa shape index (κ3) is 3.41. The van der Waals surface area contributed by atoms with E-state index in [2.05, 4.69) is 0 Å². The molecule has 1 N–H and O–H groups in total. The summed E-state index contributed by atoms with van der Waals surface area (Å²) in [4.78, 5) is 10.1. The largest absolute Gasteiger partial charge is 0.393 e. The zero-order chi connectivity index (χ0) is 8.15. The molecule has 0 saturated heterocycles. The first-order valence-corrected chi connectivity index (χ1v) is 3.39. The third-order valence-corrected chi connectivity index (χ3v) is 1.47. The van der Waals surface area contributed by atoms with Crippen LogP contribution in [0.2, 0.25) is 0 Å². The van der Waals surface area contributed by atoms with E-state index in [4.69, 9.17) is 5.11 Å². The van der Waals surface area contributed by atoms with Gasteiger partial charge in [-0.25, -0.2) is 0 Å². The van der Waals surface area contributed by atoms with Gasteiger partial charge in [-0.2, -0.15) is 0 Å². The molecule has 0 aliphatic rings. The lowest BCUT2D eigenvalue weighted by atomic mass is 10.0. The van der Waals surface area contributed by atoms with E-state index in [1.807, 2.05) is 6.92 Å². The molecule has 0 saturated carbocycles. The summed E-state index contributed by atoms with van der Waals surface area (Å²) < 4.78 is 0. The van der Waals surface area contributed by atoms with Crippen molar-refractivity contribution < 1.29 is 9.90 Å². The highest BCUT2D eigenvalue weighted by atomic mass is 16.3. The zero-order valence-corrected chi connectivity index (χ0v) is 6.66. The average Bonchev–Trinajstić information content (AvgIpc) is 1.87. The number of aldehydes is 1. The van der Waals surface area contributed by atoms with Crippen LogP contribution in [0.15, 0.2) is 11.6 Å². The highest BCUT2D eigenvalue weighted by Gasteiger charge is 2.04. The molecule has 0 spiro atoms. The third-order valence-electron chi connectivity index (χ3n) is 1.47. The predicted molar refractivity (Wildman–Crippen MR) is 40.7 cm³/mol. The van der Waals surface area contributed by atoms with Crippen molar-refractivity contribution in [2.24, 2.45) is 5.92 Å². The molecule has 2 atom stereocenters. The standard InChI is InChI=1S/C8H14O2/c1-6(5-9)4-7(2)8(3)10/h4-5,7-8,10H,1-3H3/b6-4+/t7-,8-/m1/s1. The Labute approximate surface area is 61.6 Å². The molecule has 10 heavy (non-hydrogen) atoms. The Morgan fingerprint density at radius 1 is 1.50 bits per heavy atom. The van der Waals surface area contributed by atoms with Gasteiger partial charge in [0.25, 0.3) is 0 Å². The van der Waals surface area contributed by atoms with Crippen LogP contribution in [0, 0.1) is 5.92 Å². The number of hydrogen-bond acceptors (Lipinski definition) is 2. The van der Waals surface area contributed by atoms with Crippen LogP contribution in [0.5, 0.6) is 0 Å². The van der Waals surface area contributed by atoms with E-state index in [0.717, 1.165) is 6.29 Å². The quantitative estimate of drug-likeness (QED) is 0.474. The van der Waals surface area contributed by atoms with Gasteiger partial charge in [-0.15, -0.1) is 0 Å². The molecule has 0 aromatic carbocycles. The maximum Gasteiger partial charge on any atom is 0.145 e. The van der Waals surface area contributed by atoms with Crippen molar-refractivity contribution in [3.63, 3.8) is 0 Å². The minimum atomic E-state index is -0.380. The molecule has 0 aromatic heterocycles. The molecule has 2 heteroatoms. The number of hydrogen-bond donors (Lipinski definition) is 1. The molecule has 0 unspecified atom stereocenters. The molecule has 0 heterocycles. The van der Waals surface area contributed by atoms with Gasteiger partial charge in [-0.05, 0) is 19.4 Å². The lowest BCUT2D eigenvalue weighted by Gasteiger charge is -2.08. The molecular weight excluding hydrogens is 128 g/mol. The van der Waals surface area contributed by atoms with Crippen LogP contribution in [-0.4, -0.2) is 17.5 Å². The molecule has 0 radical (unpaired) electrons. The van der Waals surface area contributed by atoms with Crippen LogP contribution in [0.4, 0.5) is 0 Å². The summed E-state index contributed by atoms with van der Waals surface area (Å²) in [6, 6.07) is 0. The van der Waals surface area contributed by atoms with Crippen LogP contribution in [0.1, 0.15) is 20.8 Å². The van der Waals surface area contributed by atoms with Gasteiger partial charge in [0.1, 0.15) is 6.29 Å². The Bertz CT molecular complexity index is 136. The fourth-order valence-corrected chi connectivity index (χ4v) is 0.593. The fourth-order valence-electron chi connectivity index (χ4n) is 0.593. The van der Waals surface area contributed by atoms with E-state index >= 15 is 0 Å². The molecule has 0 fully saturated rings. The molecule has 0 bridgehead atoms. The second kappa shape index (κ2) is 4.23. The van der Waals surface area contributed by atoms with Gasteiger partial charge >= 0.3 is 0 Å². The van der Waals surface area contributed by atoms with E-state index in [1.165, 1.54) is 0 Å². The van der Waals surface area contributed by atoms with Crippen molar-refractivity contribution in [2.45, 2.75) is 26.9 Å². The lowest BCUT2D eigenvalue weighted by Crippen LogP contribution is -2.10. The van der Waals surface area contributed by atoms with Crippen LogP contribution in [0.25, 0.3) is 0 Å². The monoisotopic (exact) mass is 142 g/mol. The molecule has 58 valence electrons. The Morgan fingerprint density at radius 2 is 2.00 bits per heavy atom. The molecule has 0 aliphatic heterocycles. The predicted octanol–water partition coefficient (Wildman–Crippen LogP) is 1.15. The van der Waals surface area contributed by atoms with E-state index in [1.54, 1.807) is 19.9 Å². The minimum Gasteiger partial charge on any atom is -0.393 e. The summed E-state index contributed by atoms with van der Waals surface area (Å²) in [5, 5.41) is 9.00. The van der Waals surface area contributed by atoms with E-state index in [9.17, 15) is 4.79 Å². The molecule has 0 aliphatic carbocycles. The number of aliphatic hydroxyl groups excluding tert-OH is 1. The van der Waals surface area contributed by atoms with Gasteiger partial charge in [0.05, 0.1) is 6.10 Å². The number of aliphatic hydroxyl groups is 1. The van der Waals surface area contributed by atoms with Gasteiger partial charge in [-0.3, -0.25) is 4.79 Å². The number of rotatable bonds is 3. The number of carbonyl (C=O) groups is 1. The SMILES string of the molecule is C/C(C=O)=C\[C@@H](C)[C@@H](C)O. The molecular formula is C8H14O2. The van der Waals surface area contributed by atoms with Gasteiger partial charge < -0.3 is 5.11 Å². The van der Waals surface area contributed by atoms with Crippen LogP contribution >= 0.6 is 0 Å². The Kier molecular flexibility index (Phi) is 3.96. The lowest BCUT2D eigenvalue weighted by molar-refractivity contribution is -0.104. The zero-order valence-electron chi connectivity index (χ0n) is 6.66. The van der Waals surface area contributed by atoms with Crippen molar-refractivity contribution in [1.29, 1.82) is 0 Å². The van der Waals surface area contributed by atoms with Crippen LogP contribution in [0.3, 0.4) is 0 Å². The smallest absolute Gasteiger partial charge is 0.145 e. The maximum absolute atomic E-state index is 10.1. The second-order valence-corrected chi connectivity index (χ2v) is 2.63. The van der Waals surface area contributed by atoms with Gasteiger partial charge in [0.15, 0.2) is 0 Å². The van der Waals surface area contributed by atoms with Crippen molar-refractivity contribution in [3.05, 3.63) is 11.6 Å². The van der Waals surface area contributed by atoms with Gasteiger partial charge in [0.2, 0.25) is 0 Å². The van der Waals surface area contributed by atoms with E-state index < -0.39 is 0 Å². The first kappa shape index (κ1) is 9.37. The molecule has 2 nitrogen and oxygen atoms in total. The van der Waals surface area contributed by atoms with Crippen molar-refractivity contribution in [3.8, 4) is 0 Å². The molecule has 0 amide bonds. The summed E-state index contributed by atoms with van der Waals surface area (Å²) in [5.74, 6) is 0.0604. The summed E-state index contributed by atoms with van der Waals surface area (Å²) in [6.07, 6.45) is 2.17. The maximum atomic E-state index is 10.1. The summed E-state index contributed by atoms with van der Waals surface area (Å²) >= 11 is 0. The Balaban J connectivity index is 3.98. The van der Waals surface area contributed by atoms with E-state index in [0.29, 0.717) is 5.57 Å². The highest BCUT2D eigenvalue weighted by molar-refractivity contribution is 5.72. The fraction of sp³-hybridized carbons (Fsp3) is 0.625. The van der Waals surface area contributed by atoms with Crippen LogP contribution in [-0.2, 0) is 4.79 Å². The Morgan fingerprint density at radius 3 is 2.30 bits per heavy atom. The number of carbonyl (C=O) groups excluding carboxylic acids is 1. The number of allylic oxidation sites excluding steroid dienone is 1. The van der Waals surface area contributed by atoms with Gasteiger partial charge in [-0.1, -0.05) is 13.0 Å². The normalized spacial score (nSPS) is 18.2. The minimum absolute atomic E-state index is 0.0604. The summed E-state index contributed by atoms with van der Waals surface area (Å²) in [5.41, 5.74) is 0.674. The van der Waals surface area contributed by atoms with E-state index in [-0.39, 0.29) is 12.0 Å². The molecule has 0 aromatic rings. The summed E-state index contributed by atoms with van der Waals surface area (Å²) in [6.45, 7) is 5.31. The van der Waals surface area contributed by atoms with Crippen molar-refractivity contribution in [1.82, 2.24) is 0 Å². The molecule has 0 rings (SSSR count). The van der Waals surface area contributed by atoms with Crippen molar-refractivity contribution in [2.75, 3.05) is 0 Å². The topological polar surface area (TPSA) is 37.3 Å². The average molecular weight is 142 g/mol. The van der Waals surface area contributed by atoms with Gasteiger partial charge in [0, 0.05) is 5.92 Å². The Hall–Kier alpha value is -0.630.